The van der Waals surface area contributed by atoms with Crippen LogP contribution in [0.3, 0.4) is 0 Å². The van der Waals surface area contributed by atoms with Gasteiger partial charge in [0.15, 0.2) is 0 Å². The minimum Gasteiger partial charge on any atom is -0.387 e. The molecule has 2 aromatic rings. The van der Waals surface area contributed by atoms with Crippen LogP contribution in [0, 0.1) is 0 Å². The SMILES string of the molecule is CCNC[C@H](O)c1ccc(Br)cc1.c1ccccc1. The Morgan fingerprint density at radius 2 is 1.47 bits per heavy atom. The van der Waals surface area contributed by atoms with Crippen molar-refractivity contribution in [1.29, 1.82) is 0 Å². The second-order valence-corrected chi connectivity index (χ2v) is 4.95. The maximum absolute atomic E-state index is 9.66. The molecule has 0 saturated carbocycles. The van der Waals surface area contributed by atoms with Gasteiger partial charge in [-0.25, -0.2) is 0 Å². The van der Waals surface area contributed by atoms with Crippen molar-refractivity contribution in [3.63, 3.8) is 0 Å². The van der Waals surface area contributed by atoms with E-state index in [0.717, 1.165) is 16.6 Å². The molecule has 0 fully saturated rings. The average molecular weight is 322 g/mol. The fraction of sp³-hybridized carbons (Fsp3) is 0.250. The summed E-state index contributed by atoms with van der Waals surface area (Å²) in [5.41, 5.74) is 0.948. The monoisotopic (exact) mass is 321 g/mol. The summed E-state index contributed by atoms with van der Waals surface area (Å²) < 4.78 is 1.03. The molecule has 0 amide bonds. The Balaban J connectivity index is 0.000000250. The van der Waals surface area contributed by atoms with Crippen molar-refractivity contribution in [2.24, 2.45) is 0 Å². The Bertz CT molecular complexity index is 404. The van der Waals surface area contributed by atoms with E-state index in [-0.39, 0.29) is 0 Å². The van der Waals surface area contributed by atoms with Crippen molar-refractivity contribution in [3.8, 4) is 0 Å². The summed E-state index contributed by atoms with van der Waals surface area (Å²) in [5, 5.41) is 12.8. The Kier molecular flexibility index (Phi) is 8.14. The van der Waals surface area contributed by atoms with Gasteiger partial charge in [-0.2, -0.15) is 0 Å². The summed E-state index contributed by atoms with van der Waals surface area (Å²) in [6.45, 7) is 3.51. The highest BCUT2D eigenvalue weighted by molar-refractivity contribution is 9.10. The third-order valence-corrected chi connectivity index (χ3v) is 3.04. The van der Waals surface area contributed by atoms with Crippen LogP contribution in [-0.2, 0) is 0 Å². The van der Waals surface area contributed by atoms with Crippen molar-refractivity contribution in [2.45, 2.75) is 13.0 Å². The van der Waals surface area contributed by atoms with E-state index in [9.17, 15) is 5.11 Å². The van der Waals surface area contributed by atoms with Crippen LogP contribution in [0.5, 0.6) is 0 Å². The van der Waals surface area contributed by atoms with Crippen LogP contribution >= 0.6 is 15.9 Å². The Labute approximate surface area is 123 Å². The van der Waals surface area contributed by atoms with E-state index >= 15 is 0 Å². The number of benzene rings is 2. The minimum atomic E-state index is -0.409. The van der Waals surface area contributed by atoms with Crippen LogP contribution in [0.4, 0.5) is 0 Å². The fourth-order valence-electron chi connectivity index (χ4n) is 1.47. The number of hydrogen-bond donors (Lipinski definition) is 2. The van der Waals surface area contributed by atoms with Crippen LogP contribution in [0.15, 0.2) is 65.1 Å². The molecule has 0 spiro atoms. The lowest BCUT2D eigenvalue weighted by Crippen LogP contribution is -2.20. The van der Waals surface area contributed by atoms with Crippen LogP contribution in [0.1, 0.15) is 18.6 Å². The number of likely N-dealkylation sites (N-methyl/N-ethyl adjacent to an activating group) is 1. The first kappa shape index (κ1) is 15.9. The summed E-state index contributed by atoms with van der Waals surface area (Å²) in [7, 11) is 0. The van der Waals surface area contributed by atoms with Gasteiger partial charge >= 0.3 is 0 Å². The third-order valence-electron chi connectivity index (χ3n) is 2.51. The van der Waals surface area contributed by atoms with E-state index < -0.39 is 6.10 Å². The summed E-state index contributed by atoms with van der Waals surface area (Å²) in [4.78, 5) is 0. The van der Waals surface area contributed by atoms with Crippen LogP contribution in [0.25, 0.3) is 0 Å². The number of rotatable bonds is 4. The molecule has 3 heteroatoms. The van der Waals surface area contributed by atoms with Gasteiger partial charge in [0, 0.05) is 11.0 Å². The van der Waals surface area contributed by atoms with E-state index in [4.69, 9.17) is 0 Å². The van der Waals surface area contributed by atoms with E-state index in [0.29, 0.717) is 6.54 Å². The van der Waals surface area contributed by atoms with Crippen LogP contribution in [0.2, 0.25) is 0 Å². The smallest absolute Gasteiger partial charge is 0.0914 e. The zero-order valence-electron chi connectivity index (χ0n) is 11.1. The summed E-state index contributed by atoms with van der Waals surface area (Å²) in [5.74, 6) is 0. The molecule has 2 rings (SSSR count). The Morgan fingerprint density at radius 1 is 1.00 bits per heavy atom. The van der Waals surface area contributed by atoms with Gasteiger partial charge < -0.3 is 10.4 Å². The van der Waals surface area contributed by atoms with Gasteiger partial charge in [-0.15, -0.1) is 0 Å². The molecule has 0 saturated heterocycles. The predicted octanol–water partition coefficient (Wildman–Crippen LogP) is 3.78. The molecule has 0 heterocycles. The molecule has 0 bridgehead atoms. The Hall–Kier alpha value is -1.16. The van der Waals surface area contributed by atoms with Crippen molar-refractivity contribution in [2.75, 3.05) is 13.1 Å². The number of aliphatic hydroxyl groups excluding tert-OH is 1. The number of halogens is 1. The lowest BCUT2D eigenvalue weighted by atomic mass is 10.1. The highest BCUT2D eigenvalue weighted by Gasteiger charge is 2.05. The molecule has 0 unspecified atom stereocenters. The van der Waals surface area contributed by atoms with Crippen molar-refractivity contribution >= 4 is 15.9 Å². The standard InChI is InChI=1S/C10H14BrNO.C6H6/c1-2-12-7-10(13)8-3-5-9(11)6-4-8;1-2-4-6-5-3-1/h3-6,10,12-13H,2,7H2,1H3;1-6H/t10-;/m0./s1. The van der Waals surface area contributed by atoms with Gasteiger partial charge in [-0.3, -0.25) is 0 Å². The van der Waals surface area contributed by atoms with Gasteiger partial charge in [-0.05, 0) is 24.2 Å². The van der Waals surface area contributed by atoms with Gasteiger partial charge in [0.25, 0.3) is 0 Å². The van der Waals surface area contributed by atoms with Crippen molar-refractivity contribution in [1.82, 2.24) is 5.32 Å². The second-order valence-electron chi connectivity index (χ2n) is 4.03. The molecular formula is C16H20BrNO. The summed E-state index contributed by atoms with van der Waals surface area (Å²) >= 11 is 3.35. The molecule has 0 radical (unpaired) electrons. The van der Waals surface area contributed by atoms with Crippen LogP contribution in [-0.4, -0.2) is 18.2 Å². The molecular weight excluding hydrogens is 302 g/mol. The summed E-state index contributed by atoms with van der Waals surface area (Å²) in [6, 6.07) is 19.7. The Morgan fingerprint density at radius 3 is 1.89 bits per heavy atom. The molecule has 19 heavy (non-hydrogen) atoms. The maximum atomic E-state index is 9.66. The third kappa shape index (κ3) is 7.11. The molecule has 0 aliphatic rings. The average Bonchev–Trinajstić information content (AvgIpc) is 2.48. The molecule has 0 aliphatic heterocycles. The number of hydrogen-bond acceptors (Lipinski definition) is 2. The second kappa shape index (κ2) is 9.73. The van der Waals surface area contributed by atoms with Crippen molar-refractivity contribution in [3.05, 3.63) is 70.7 Å². The predicted molar refractivity (Wildman–Crippen MR) is 84.1 cm³/mol. The largest absolute Gasteiger partial charge is 0.387 e. The molecule has 2 N–H and O–H groups in total. The zero-order chi connectivity index (χ0) is 13.9. The highest BCUT2D eigenvalue weighted by atomic mass is 79.9. The molecule has 2 nitrogen and oxygen atoms in total. The molecule has 102 valence electrons. The highest BCUT2D eigenvalue weighted by Crippen LogP contribution is 2.15. The molecule has 1 atom stereocenters. The first-order valence-corrected chi connectivity index (χ1v) is 7.17. The quantitative estimate of drug-likeness (QED) is 0.898. The van der Waals surface area contributed by atoms with Crippen molar-refractivity contribution < 1.29 is 5.11 Å². The minimum absolute atomic E-state index is 0.409. The lowest BCUT2D eigenvalue weighted by molar-refractivity contribution is 0.175. The maximum Gasteiger partial charge on any atom is 0.0914 e. The number of aliphatic hydroxyl groups is 1. The molecule has 2 aromatic carbocycles. The van der Waals surface area contributed by atoms with E-state index in [2.05, 4.69) is 21.2 Å². The lowest BCUT2D eigenvalue weighted by Gasteiger charge is -2.10. The first-order valence-electron chi connectivity index (χ1n) is 6.38. The topological polar surface area (TPSA) is 32.3 Å². The molecule has 0 aromatic heterocycles. The van der Waals surface area contributed by atoms with E-state index in [1.54, 1.807) is 0 Å². The number of nitrogens with one attached hydrogen (secondary N) is 1. The van der Waals surface area contributed by atoms with Gasteiger partial charge in [0.2, 0.25) is 0 Å². The van der Waals surface area contributed by atoms with Gasteiger partial charge in [0.1, 0.15) is 0 Å². The van der Waals surface area contributed by atoms with Crippen LogP contribution < -0.4 is 5.32 Å². The fourth-order valence-corrected chi connectivity index (χ4v) is 1.73. The normalized spacial score (nSPS) is 11.3. The van der Waals surface area contributed by atoms with Gasteiger partial charge in [-0.1, -0.05) is 71.4 Å². The van der Waals surface area contributed by atoms with E-state index in [1.165, 1.54) is 0 Å². The molecule has 0 aliphatic carbocycles. The first-order chi connectivity index (χ1) is 9.24. The van der Waals surface area contributed by atoms with E-state index in [1.807, 2.05) is 67.6 Å². The zero-order valence-corrected chi connectivity index (χ0v) is 12.7. The van der Waals surface area contributed by atoms with Gasteiger partial charge in [0.05, 0.1) is 6.10 Å². The summed E-state index contributed by atoms with van der Waals surface area (Å²) in [6.07, 6.45) is -0.409.